The van der Waals surface area contributed by atoms with Gasteiger partial charge in [0.05, 0.1) is 5.56 Å². The topological polar surface area (TPSA) is 23.6 Å². The van der Waals surface area contributed by atoms with E-state index in [-0.39, 0.29) is 11.5 Å². The van der Waals surface area contributed by atoms with Gasteiger partial charge >= 0.3 is 0 Å². The Balaban J connectivity index is 2.02. The SMILES string of the molecule is O=C(c1ccccc1F)N1CCCN(CCBr)CC1. The first-order valence-electron chi connectivity index (χ1n) is 6.54. The van der Waals surface area contributed by atoms with Crippen LogP contribution in [0.4, 0.5) is 4.39 Å². The van der Waals surface area contributed by atoms with E-state index in [1.807, 2.05) is 0 Å². The number of carbonyl (C=O) groups excluding carboxylic acids is 1. The number of nitrogens with zero attached hydrogens (tertiary/aromatic N) is 2. The zero-order valence-corrected chi connectivity index (χ0v) is 12.4. The molecule has 0 radical (unpaired) electrons. The van der Waals surface area contributed by atoms with Crippen LogP contribution in [0.15, 0.2) is 24.3 Å². The standard InChI is InChI=1S/C14H18BrFN2O/c15-6-9-17-7-3-8-18(11-10-17)14(19)12-4-1-2-5-13(12)16/h1-2,4-5H,3,6-11H2. The lowest BCUT2D eigenvalue weighted by molar-refractivity contribution is 0.0757. The first kappa shape index (κ1) is 14.5. The van der Waals surface area contributed by atoms with Gasteiger partial charge in [-0.2, -0.15) is 0 Å². The molecule has 1 saturated heterocycles. The molecule has 0 bridgehead atoms. The van der Waals surface area contributed by atoms with Crippen LogP contribution in [-0.4, -0.2) is 53.8 Å². The van der Waals surface area contributed by atoms with Gasteiger partial charge in [0.15, 0.2) is 0 Å². The number of carbonyl (C=O) groups is 1. The summed E-state index contributed by atoms with van der Waals surface area (Å²) < 4.78 is 13.6. The molecule has 104 valence electrons. The predicted molar refractivity (Wildman–Crippen MR) is 77.2 cm³/mol. The first-order chi connectivity index (χ1) is 9.22. The molecule has 0 atom stereocenters. The highest BCUT2D eigenvalue weighted by atomic mass is 79.9. The van der Waals surface area contributed by atoms with Crippen molar-refractivity contribution in [3.63, 3.8) is 0 Å². The van der Waals surface area contributed by atoms with Crippen LogP contribution in [0.3, 0.4) is 0 Å². The third-order valence-electron chi connectivity index (χ3n) is 3.38. The summed E-state index contributed by atoms with van der Waals surface area (Å²) in [6.07, 6.45) is 0.938. The molecule has 0 aliphatic carbocycles. The fourth-order valence-electron chi connectivity index (χ4n) is 2.32. The summed E-state index contributed by atoms with van der Waals surface area (Å²) >= 11 is 3.43. The second kappa shape index (κ2) is 7.01. The van der Waals surface area contributed by atoms with E-state index < -0.39 is 5.82 Å². The van der Waals surface area contributed by atoms with Crippen LogP contribution in [0.2, 0.25) is 0 Å². The van der Waals surface area contributed by atoms with Crippen molar-refractivity contribution in [2.45, 2.75) is 6.42 Å². The van der Waals surface area contributed by atoms with Crippen molar-refractivity contribution in [2.24, 2.45) is 0 Å². The van der Waals surface area contributed by atoms with Crippen LogP contribution in [0, 0.1) is 5.82 Å². The van der Waals surface area contributed by atoms with E-state index in [0.29, 0.717) is 13.1 Å². The largest absolute Gasteiger partial charge is 0.337 e. The second-order valence-corrected chi connectivity index (χ2v) is 5.45. The van der Waals surface area contributed by atoms with Gasteiger partial charge in [-0.25, -0.2) is 4.39 Å². The Bertz CT molecular complexity index is 441. The molecular weight excluding hydrogens is 311 g/mol. The minimum absolute atomic E-state index is 0.177. The maximum absolute atomic E-state index is 13.6. The Labute approximate surface area is 121 Å². The minimum atomic E-state index is -0.436. The average Bonchev–Trinajstić information content (AvgIpc) is 2.65. The summed E-state index contributed by atoms with van der Waals surface area (Å²) in [7, 11) is 0. The fourth-order valence-corrected chi connectivity index (χ4v) is 2.82. The molecule has 3 nitrogen and oxygen atoms in total. The fraction of sp³-hybridized carbons (Fsp3) is 0.500. The molecule has 1 heterocycles. The van der Waals surface area contributed by atoms with Gasteiger partial charge in [0.2, 0.25) is 0 Å². The summed E-state index contributed by atoms with van der Waals surface area (Å²) in [5, 5.41) is 0.939. The first-order valence-corrected chi connectivity index (χ1v) is 7.66. The van der Waals surface area contributed by atoms with Crippen LogP contribution in [-0.2, 0) is 0 Å². The average molecular weight is 329 g/mol. The zero-order valence-electron chi connectivity index (χ0n) is 10.8. The molecule has 1 aliphatic heterocycles. The molecule has 0 saturated carbocycles. The number of amides is 1. The van der Waals surface area contributed by atoms with Crippen molar-refractivity contribution in [1.82, 2.24) is 9.80 Å². The van der Waals surface area contributed by atoms with Gasteiger partial charge in [0, 0.05) is 31.5 Å². The van der Waals surface area contributed by atoms with Crippen molar-refractivity contribution >= 4 is 21.8 Å². The van der Waals surface area contributed by atoms with Gasteiger partial charge in [0.1, 0.15) is 5.82 Å². The lowest BCUT2D eigenvalue weighted by Gasteiger charge is -2.21. The molecule has 0 aromatic heterocycles. The van der Waals surface area contributed by atoms with Crippen LogP contribution < -0.4 is 0 Å². The normalized spacial score (nSPS) is 17.3. The number of rotatable bonds is 3. The maximum atomic E-state index is 13.6. The molecular formula is C14H18BrFN2O. The summed E-state index contributed by atoms with van der Waals surface area (Å²) in [6.45, 7) is 4.20. The summed E-state index contributed by atoms with van der Waals surface area (Å²) in [5.74, 6) is -0.632. The van der Waals surface area contributed by atoms with Crippen molar-refractivity contribution in [2.75, 3.05) is 38.1 Å². The van der Waals surface area contributed by atoms with Gasteiger partial charge in [-0.05, 0) is 25.1 Å². The van der Waals surface area contributed by atoms with Crippen LogP contribution in [0.5, 0.6) is 0 Å². The molecule has 2 rings (SSSR count). The molecule has 1 amide bonds. The van der Waals surface area contributed by atoms with Crippen LogP contribution in [0.25, 0.3) is 0 Å². The van der Waals surface area contributed by atoms with Gasteiger partial charge in [0.25, 0.3) is 5.91 Å². The quantitative estimate of drug-likeness (QED) is 0.795. The third-order valence-corrected chi connectivity index (χ3v) is 3.74. The number of hydrogen-bond acceptors (Lipinski definition) is 2. The summed E-state index contributed by atoms with van der Waals surface area (Å²) in [4.78, 5) is 16.4. The molecule has 1 aromatic carbocycles. The van der Waals surface area contributed by atoms with E-state index in [2.05, 4.69) is 20.8 Å². The number of hydrogen-bond donors (Lipinski definition) is 0. The third kappa shape index (κ3) is 3.76. The Morgan fingerprint density at radius 2 is 2.00 bits per heavy atom. The van der Waals surface area contributed by atoms with Crippen LogP contribution >= 0.6 is 15.9 Å². The van der Waals surface area contributed by atoms with Crippen molar-refractivity contribution < 1.29 is 9.18 Å². The molecule has 19 heavy (non-hydrogen) atoms. The highest BCUT2D eigenvalue weighted by Crippen LogP contribution is 2.12. The summed E-state index contributed by atoms with van der Waals surface area (Å²) in [6, 6.07) is 6.19. The van der Waals surface area contributed by atoms with E-state index in [4.69, 9.17) is 0 Å². The Hall–Kier alpha value is -0.940. The summed E-state index contributed by atoms with van der Waals surface area (Å²) in [5.41, 5.74) is 0.177. The Kier molecular flexibility index (Phi) is 5.34. The number of benzene rings is 1. The van der Waals surface area contributed by atoms with Crippen molar-refractivity contribution in [1.29, 1.82) is 0 Å². The van der Waals surface area contributed by atoms with E-state index in [0.717, 1.165) is 31.4 Å². The minimum Gasteiger partial charge on any atom is -0.337 e. The molecule has 0 unspecified atom stereocenters. The van der Waals surface area contributed by atoms with Gasteiger partial charge in [-0.15, -0.1) is 0 Å². The number of alkyl halides is 1. The molecule has 0 spiro atoms. The number of halogens is 2. The molecule has 1 aliphatic rings. The van der Waals surface area contributed by atoms with Crippen molar-refractivity contribution in [3.8, 4) is 0 Å². The molecule has 5 heteroatoms. The maximum Gasteiger partial charge on any atom is 0.256 e. The lowest BCUT2D eigenvalue weighted by atomic mass is 10.2. The van der Waals surface area contributed by atoms with Gasteiger partial charge in [-0.3, -0.25) is 4.79 Å². The highest BCUT2D eigenvalue weighted by molar-refractivity contribution is 9.09. The smallest absolute Gasteiger partial charge is 0.256 e. The van der Waals surface area contributed by atoms with Crippen molar-refractivity contribution in [3.05, 3.63) is 35.6 Å². The van der Waals surface area contributed by atoms with E-state index >= 15 is 0 Å². The lowest BCUT2D eigenvalue weighted by Crippen LogP contribution is -2.36. The molecule has 1 fully saturated rings. The van der Waals surface area contributed by atoms with Crippen LogP contribution in [0.1, 0.15) is 16.8 Å². The Morgan fingerprint density at radius 3 is 2.74 bits per heavy atom. The van der Waals surface area contributed by atoms with Gasteiger partial charge < -0.3 is 9.80 Å². The molecule has 0 N–H and O–H groups in total. The zero-order chi connectivity index (χ0) is 13.7. The van der Waals surface area contributed by atoms with E-state index in [9.17, 15) is 9.18 Å². The Morgan fingerprint density at radius 1 is 1.21 bits per heavy atom. The monoisotopic (exact) mass is 328 g/mol. The predicted octanol–water partition coefficient (Wildman–Crippen LogP) is 2.37. The van der Waals surface area contributed by atoms with E-state index in [1.54, 1.807) is 23.1 Å². The van der Waals surface area contributed by atoms with E-state index in [1.165, 1.54) is 6.07 Å². The second-order valence-electron chi connectivity index (χ2n) is 4.66. The highest BCUT2D eigenvalue weighted by Gasteiger charge is 2.21. The van der Waals surface area contributed by atoms with Gasteiger partial charge in [-0.1, -0.05) is 28.1 Å². The molecule has 1 aromatic rings.